The van der Waals surface area contributed by atoms with E-state index in [2.05, 4.69) is 26.2 Å². The van der Waals surface area contributed by atoms with Crippen molar-refractivity contribution in [1.82, 2.24) is 19.5 Å². The van der Waals surface area contributed by atoms with Crippen LogP contribution in [0.3, 0.4) is 0 Å². The number of nitrogens with one attached hydrogen (secondary N) is 2. The molecule has 9 nitrogen and oxygen atoms in total. The number of hydrogen-bond acceptors (Lipinski definition) is 6. The fraction of sp³-hybridized carbons (Fsp3) is 0.348. The molecule has 1 aliphatic heterocycles. The molecule has 172 valence electrons. The summed E-state index contributed by atoms with van der Waals surface area (Å²) in [5.41, 5.74) is 4.43. The van der Waals surface area contributed by atoms with E-state index in [9.17, 15) is 13.2 Å². The maximum absolute atomic E-state index is 12.8. The van der Waals surface area contributed by atoms with Gasteiger partial charge in [0.15, 0.2) is 5.03 Å². The van der Waals surface area contributed by atoms with Gasteiger partial charge in [-0.15, -0.1) is 0 Å². The van der Waals surface area contributed by atoms with Crippen molar-refractivity contribution < 1.29 is 17.9 Å². The van der Waals surface area contributed by atoms with Crippen molar-refractivity contribution in [2.45, 2.75) is 50.1 Å². The van der Waals surface area contributed by atoms with E-state index < -0.39 is 16.1 Å². The summed E-state index contributed by atoms with van der Waals surface area (Å²) in [4.78, 5) is 17.1. The maximum Gasteiger partial charge on any atom is 0.333 e. The van der Waals surface area contributed by atoms with Crippen LogP contribution in [0.5, 0.6) is 5.88 Å². The van der Waals surface area contributed by atoms with Crippen molar-refractivity contribution in [3.8, 4) is 17.0 Å². The molecule has 5 rings (SSSR count). The number of amides is 2. The summed E-state index contributed by atoms with van der Waals surface area (Å²) in [5.74, 6) is 0.517. The first kappa shape index (κ1) is 21.4. The quantitative estimate of drug-likeness (QED) is 0.523. The monoisotopic (exact) mass is 467 g/mol. The molecule has 0 atom stereocenters. The van der Waals surface area contributed by atoms with E-state index in [1.165, 1.54) is 6.07 Å². The molecule has 3 aromatic rings. The standard InChI is InChI=1S/C23H25N5O4S/c29-23-25-22-18-6-4-5-16(18)7-8-19(22)17-9-11-24-20(15-17)32-14-3-1-2-12-28-13-10-21(26-28)33(30,31)27-23/h7-11,13,15H,1-6,12,14H2,(H2,25,27,29). The fourth-order valence-electron chi connectivity index (χ4n) is 4.36. The van der Waals surface area contributed by atoms with E-state index >= 15 is 0 Å². The number of ether oxygens (including phenoxy) is 1. The fourth-order valence-corrected chi connectivity index (χ4v) is 5.21. The SMILES string of the molecule is O=C1Nc2c(ccc3c2CCC3)-c2ccnc(c2)OCCCCCn2ccc(n2)S(=O)(=O)N1. The minimum Gasteiger partial charge on any atom is -0.478 e. The Morgan fingerprint density at radius 1 is 1.03 bits per heavy atom. The van der Waals surface area contributed by atoms with Crippen LogP contribution in [0.4, 0.5) is 10.5 Å². The van der Waals surface area contributed by atoms with Crippen LogP contribution in [0, 0.1) is 0 Å². The van der Waals surface area contributed by atoms with E-state index in [0.29, 0.717) is 24.7 Å². The number of anilines is 1. The number of hydrogen-bond donors (Lipinski definition) is 2. The van der Waals surface area contributed by atoms with Gasteiger partial charge in [-0.05, 0) is 67.3 Å². The zero-order valence-electron chi connectivity index (χ0n) is 18.1. The van der Waals surface area contributed by atoms with Crippen molar-refractivity contribution in [1.29, 1.82) is 0 Å². The number of carbonyl (C=O) groups is 1. The Hall–Kier alpha value is -3.40. The van der Waals surface area contributed by atoms with Crippen LogP contribution in [0.25, 0.3) is 11.1 Å². The van der Waals surface area contributed by atoms with Crippen molar-refractivity contribution in [2.75, 3.05) is 11.9 Å². The summed E-state index contributed by atoms with van der Waals surface area (Å²) in [6.07, 6.45) is 8.57. The van der Waals surface area contributed by atoms with E-state index in [-0.39, 0.29) is 5.03 Å². The molecule has 2 amide bonds. The van der Waals surface area contributed by atoms with Crippen LogP contribution in [-0.2, 0) is 29.4 Å². The van der Waals surface area contributed by atoms with Gasteiger partial charge in [-0.25, -0.2) is 14.5 Å². The molecule has 0 saturated heterocycles. The molecule has 0 spiro atoms. The number of pyridine rings is 1. The second kappa shape index (κ2) is 8.86. The largest absolute Gasteiger partial charge is 0.478 e. The third kappa shape index (κ3) is 4.56. The number of fused-ring (bicyclic) bond motifs is 8. The van der Waals surface area contributed by atoms with Gasteiger partial charge >= 0.3 is 6.03 Å². The second-order valence-electron chi connectivity index (χ2n) is 8.25. The minimum absolute atomic E-state index is 0.181. The van der Waals surface area contributed by atoms with Gasteiger partial charge < -0.3 is 10.1 Å². The number of benzene rings is 1. The Balaban J connectivity index is 1.54. The normalized spacial score (nSPS) is 18.0. The zero-order chi connectivity index (χ0) is 22.8. The van der Waals surface area contributed by atoms with E-state index in [4.69, 9.17) is 4.74 Å². The predicted octanol–water partition coefficient (Wildman–Crippen LogP) is 3.51. The molecule has 10 heteroatoms. The molecule has 4 bridgehead atoms. The highest BCUT2D eigenvalue weighted by Crippen LogP contribution is 2.38. The Labute approximate surface area is 192 Å². The average molecular weight is 468 g/mol. The molecule has 1 aliphatic carbocycles. The average Bonchev–Trinajstić information content (AvgIpc) is 3.46. The van der Waals surface area contributed by atoms with Crippen molar-refractivity contribution in [3.63, 3.8) is 0 Å². The highest BCUT2D eigenvalue weighted by Gasteiger charge is 2.24. The molecule has 0 unspecified atom stereocenters. The van der Waals surface area contributed by atoms with Gasteiger partial charge in [-0.2, -0.15) is 13.5 Å². The lowest BCUT2D eigenvalue weighted by Crippen LogP contribution is -2.35. The predicted molar refractivity (Wildman–Crippen MR) is 123 cm³/mol. The van der Waals surface area contributed by atoms with Crippen LogP contribution >= 0.6 is 0 Å². The van der Waals surface area contributed by atoms with Gasteiger partial charge in [0.05, 0.1) is 12.3 Å². The molecule has 0 radical (unpaired) electrons. The first-order valence-electron chi connectivity index (χ1n) is 11.1. The topological polar surface area (TPSA) is 115 Å². The van der Waals surface area contributed by atoms with E-state index in [1.54, 1.807) is 17.1 Å². The molecule has 0 saturated carbocycles. The van der Waals surface area contributed by atoms with Crippen LogP contribution in [0.1, 0.15) is 36.8 Å². The number of aryl methyl sites for hydroxylation is 2. The highest BCUT2D eigenvalue weighted by molar-refractivity contribution is 7.90. The molecule has 3 heterocycles. The summed E-state index contributed by atoms with van der Waals surface area (Å²) < 4.78 is 35.0. The molecule has 0 fully saturated rings. The lowest BCUT2D eigenvalue weighted by Gasteiger charge is -2.17. The van der Waals surface area contributed by atoms with Crippen molar-refractivity contribution in [2.24, 2.45) is 0 Å². The van der Waals surface area contributed by atoms with Gasteiger partial charge in [-0.3, -0.25) is 4.68 Å². The molecule has 1 aromatic carbocycles. The summed E-state index contributed by atoms with van der Waals surface area (Å²) in [5, 5.41) is 6.75. The smallest absolute Gasteiger partial charge is 0.333 e. The summed E-state index contributed by atoms with van der Waals surface area (Å²) in [6, 6.07) is 8.30. The number of urea groups is 1. The molecule has 33 heavy (non-hydrogen) atoms. The summed E-state index contributed by atoms with van der Waals surface area (Å²) >= 11 is 0. The van der Waals surface area contributed by atoms with Gasteiger partial charge in [0.2, 0.25) is 5.88 Å². The summed E-state index contributed by atoms with van der Waals surface area (Å²) in [7, 11) is -4.10. The third-order valence-corrected chi connectivity index (χ3v) is 7.19. The number of nitrogens with zero attached hydrogens (tertiary/aromatic N) is 3. The minimum atomic E-state index is -4.10. The van der Waals surface area contributed by atoms with Gasteiger partial charge in [0.1, 0.15) is 0 Å². The van der Waals surface area contributed by atoms with Crippen LogP contribution in [0.15, 0.2) is 47.8 Å². The third-order valence-electron chi connectivity index (χ3n) is 5.97. The maximum atomic E-state index is 12.8. The zero-order valence-corrected chi connectivity index (χ0v) is 18.9. The number of carbonyl (C=O) groups excluding carboxylic acids is 1. The van der Waals surface area contributed by atoms with Crippen LogP contribution < -0.4 is 14.8 Å². The molecule has 2 N–H and O–H groups in total. The van der Waals surface area contributed by atoms with Gasteiger partial charge in [0.25, 0.3) is 10.0 Å². The molecule has 2 aliphatic rings. The first-order chi connectivity index (χ1) is 16.0. The Bertz CT molecular complexity index is 1300. The number of sulfonamides is 1. The second-order valence-corrected chi connectivity index (χ2v) is 9.88. The van der Waals surface area contributed by atoms with Crippen LogP contribution in [0.2, 0.25) is 0 Å². The number of aromatic nitrogens is 3. The lowest BCUT2D eigenvalue weighted by molar-refractivity contribution is 0.256. The highest BCUT2D eigenvalue weighted by atomic mass is 32.2. The van der Waals surface area contributed by atoms with Gasteiger partial charge in [0, 0.05) is 30.6 Å². The van der Waals surface area contributed by atoms with Gasteiger partial charge in [-0.1, -0.05) is 12.1 Å². The molecular weight excluding hydrogens is 442 g/mol. The Morgan fingerprint density at radius 2 is 1.94 bits per heavy atom. The van der Waals surface area contributed by atoms with Crippen molar-refractivity contribution >= 4 is 21.7 Å². The molecular formula is C23H25N5O4S. The van der Waals surface area contributed by atoms with Crippen molar-refractivity contribution in [3.05, 3.63) is 53.9 Å². The Morgan fingerprint density at radius 3 is 2.85 bits per heavy atom. The van der Waals surface area contributed by atoms with Crippen LogP contribution in [-0.4, -0.2) is 35.8 Å². The Kier molecular flexibility index (Phi) is 5.76. The summed E-state index contributed by atoms with van der Waals surface area (Å²) in [6.45, 7) is 1.11. The van der Waals surface area contributed by atoms with E-state index in [0.717, 1.165) is 60.8 Å². The van der Waals surface area contributed by atoms with E-state index in [1.807, 2.05) is 18.2 Å². The molecule has 2 aromatic heterocycles. The first-order valence-corrected chi connectivity index (χ1v) is 12.6. The lowest BCUT2D eigenvalue weighted by atomic mass is 9.98. The number of rotatable bonds is 0.